The predicted octanol–water partition coefficient (Wildman–Crippen LogP) is 2.07. The normalized spacial score (nSPS) is 32.8. The van der Waals surface area contributed by atoms with Gasteiger partial charge in [0.25, 0.3) is 0 Å². The summed E-state index contributed by atoms with van der Waals surface area (Å²) < 4.78 is 0. The second-order valence-corrected chi connectivity index (χ2v) is 5.20. The Hall–Kier alpha value is -0.0800. The molecule has 1 aliphatic heterocycles. The molecule has 0 aromatic carbocycles. The summed E-state index contributed by atoms with van der Waals surface area (Å²) in [5.41, 5.74) is -0.295. The van der Waals surface area contributed by atoms with Crippen LogP contribution in [0.3, 0.4) is 0 Å². The topological polar surface area (TPSA) is 32.3 Å². The molecule has 1 unspecified atom stereocenters. The molecule has 14 heavy (non-hydrogen) atoms. The number of aliphatic hydroxyl groups is 1. The van der Waals surface area contributed by atoms with Crippen molar-refractivity contribution in [2.45, 2.75) is 57.0 Å². The van der Waals surface area contributed by atoms with Crippen LogP contribution in [0.4, 0.5) is 0 Å². The van der Waals surface area contributed by atoms with Crippen LogP contribution in [0, 0.1) is 5.92 Å². The average Bonchev–Trinajstić information content (AvgIpc) is 2.43. The fourth-order valence-electron chi connectivity index (χ4n) is 3.04. The molecule has 1 atom stereocenters. The van der Waals surface area contributed by atoms with E-state index in [1.54, 1.807) is 0 Å². The Labute approximate surface area is 87.1 Å². The third kappa shape index (κ3) is 2.71. The largest absolute Gasteiger partial charge is 0.390 e. The van der Waals surface area contributed by atoms with E-state index >= 15 is 0 Å². The summed E-state index contributed by atoms with van der Waals surface area (Å²) in [6.07, 6.45) is 9.57. The average molecular weight is 197 g/mol. The Kier molecular flexibility index (Phi) is 3.45. The van der Waals surface area contributed by atoms with E-state index in [0.717, 1.165) is 31.7 Å². The zero-order valence-corrected chi connectivity index (χ0v) is 9.10. The van der Waals surface area contributed by atoms with Gasteiger partial charge in [0.2, 0.25) is 0 Å². The minimum atomic E-state index is -0.295. The molecule has 2 heteroatoms. The third-order valence-corrected chi connectivity index (χ3v) is 3.85. The molecule has 0 amide bonds. The molecule has 2 rings (SSSR count). The number of rotatable bonds is 2. The van der Waals surface area contributed by atoms with Crippen molar-refractivity contribution in [1.29, 1.82) is 0 Å². The first-order valence-electron chi connectivity index (χ1n) is 6.22. The van der Waals surface area contributed by atoms with E-state index in [1.807, 2.05) is 0 Å². The van der Waals surface area contributed by atoms with Gasteiger partial charge in [-0.15, -0.1) is 0 Å². The highest BCUT2D eigenvalue weighted by molar-refractivity contribution is 4.87. The van der Waals surface area contributed by atoms with Crippen LogP contribution in [0.25, 0.3) is 0 Å². The van der Waals surface area contributed by atoms with Crippen molar-refractivity contribution in [2.24, 2.45) is 5.92 Å². The Morgan fingerprint density at radius 2 is 1.93 bits per heavy atom. The van der Waals surface area contributed by atoms with Crippen molar-refractivity contribution in [3.05, 3.63) is 0 Å². The molecule has 2 N–H and O–H groups in total. The van der Waals surface area contributed by atoms with Gasteiger partial charge in [-0.2, -0.15) is 0 Å². The van der Waals surface area contributed by atoms with Gasteiger partial charge < -0.3 is 10.4 Å². The summed E-state index contributed by atoms with van der Waals surface area (Å²) in [5.74, 6) is 0.723. The standard InChI is InChI=1S/C12H23NO/c14-12(6-2-3-7-12)9-11-5-1-4-8-13-10-11/h11,13-14H,1-10H2. The molecule has 2 nitrogen and oxygen atoms in total. The van der Waals surface area contributed by atoms with Gasteiger partial charge in [0.05, 0.1) is 5.60 Å². The van der Waals surface area contributed by atoms with Crippen LogP contribution in [0.2, 0.25) is 0 Å². The lowest BCUT2D eigenvalue weighted by atomic mass is 9.87. The second-order valence-electron chi connectivity index (χ2n) is 5.20. The molecule has 0 aromatic rings. The van der Waals surface area contributed by atoms with Crippen LogP contribution in [-0.2, 0) is 0 Å². The molecule has 82 valence electrons. The van der Waals surface area contributed by atoms with Gasteiger partial charge in [0.1, 0.15) is 0 Å². The van der Waals surface area contributed by atoms with Crippen LogP contribution in [0.15, 0.2) is 0 Å². The highest BCUT2D eigenvalue weighted by Crippen LogP contribution is 2.36. The van der Waals surface area contributed by atoms with Crippen LogP contribution >= 0.6 is 0 Å². The van der Waals surface area contributed by atoms with Crippen LogP contribution < -0.4 is 5.32 Å². The van der Waals surface area contributed by atoms with Crippen LogP contribution in [0.5, 0.6) is 0 Å². The molecule has 1 heterocycles. The summed E-state index contributed by atoms with van der Waals surface area (Å²) in [6.45, 7) is 2.30. The van der Waals surface area contributed by atoms with Crippen molar-refractivity contribution in [2.75, 3.05) is 13.1 Å². The maximum Gasteiger partial charge on any atom is 0.0651 e. The number of hydrogen-bond acceptors (Lipinski definition) is 2. The second kappa shape index (κ2) is 4.63. The fourth-order valence-corrected chi connectivity index (χ4v) is 3.04. The van der Waals surface area contributed by atoms with Crippen LogP contribution in [0.1, 0.15) is 51.4 Å². The smallest absolute Gasteiger partial charge is 0.0651 e. The molecule has 0 aromatic heterocycles. The van der Waals surface area contributed by atoms with Crippen molar-refractivity contribution < 1.29 is 5.11 Å². The lowest BCUT2D eigenvalue weighted by Crippen LogP contribution is -2.31. The first-order chi connectivity index (χ1) is 6.79. The summed E-state index contributed by atoms with van der Waals surface area (Å²) in [5, 5.41) is 13.8. The molecule has 0 bridgehead atoms. The van der Waals surface area contributed by atoms with E-state index < -0.39 is 0 Å². The van der Waals surface area contributed by atoms with Gasteiger partial charge in [0.15, 0.2) is 0 Å². The van der Waals surface area contributed by atoms with E-state index in [4.69, 9.17) is 0 Å². The first-order valence-corrected chi connectivity index (χ1v) is 6.22. The van der Waals surface area contributed by atoms with E-state index in [1.165, 1.54) is 38.6 Å². The summed E-state index contributed by atoms with van der Waals surface area (Å²) >= 11 is 0. The van der Waals surface area contributed by atoms with Crippen LogP contribution in [-0.4, -0.2) is 23.8 Å². The Bertz CT molecular complexity index is 167. The van der Waals surface area contributed by atoms with Crippen molar-refractivity contribution >= 4 is 0 Å². The van der Waals surface area contributed by atoms with Gasteiger partial charge >= 0.3 is 0 Å². The SMILES string of the molecule is OC1(CC2CCCCNC2)CCCC1. The molecule has 1 saturated heterocycles. The summed E-state index contributed by atoms with van der Waals surface area (Å²) in [7, 11) is 0. The molecular formula is C12H23NO. The minimum absolute atomic E-state index is 0.295. The molecule has 0 spiro atoms. The van der Waals surface area contributed by atoms with Crippen molar-refractivity contribution in [1.82, 2.24) is 5.32 Å². The molecule has 2 aliphatic rings. The minimum Gasteiger partial charge on any atom is -0.390 e. The monoisotopic (exact) mass is 197 g/mol. The fraction of sp³-hybridized carbons (Fsp3) is 1.00. The molecule has 0 radical (unpaired) electrons. The summed E-state index contributed by atoms with van der Waals surface area (Å²) in [4.78, 5) is 0. The number of hydrogen-bond donors (Lipinski definition) is 2. The predicted molar refractivity (Wildman–Crippen MR) is 58.2 cm³/mol. The Morgan fingerprint density at radius 3 is 2.71 bits per heavy atom. The molecular weight excluding hydrogens is 174 g/mol. The maximum atomic E-state index is 10.3. The van der Waals surface area contributed by atoms with E-state index in [-0.39, 0.29) is 5.60 Å². The molecule has 1 saturated carbocycles. The maximum absolute atomic E-state index is 10.3. The lowest BCUT2D eigenvalue weighted by Gasteiger charge is -2.27. The zero-order valence-electron chi connectivity index (χ0n) is 9.10. The molecule has 1 aliphatic carbocycles. The first kappa shape index (κ1) is 10.4. The lowest BCUT2D eigenvalue weighted by molar-refractivity contribution is 0.0215. The Morgan fingerprint density at radius 1 is 1.14 bits per heavy atom. The Balaban J connectivity index is 1.82. The highest BCUT2D eigenvalue weighted by atomic mass is 16.3. The highest BCUT2D eigenvalue weighted by Gasteiger charge is 2.33. The van der Waals surface area contributed by atoms with Crippen molar-refractivity contribution in [3.63, 3.8) is 0 Å². The number of nitrogens with one attached hydrogen (secondary N) is 1. The van der Waals surface area contributed by atoms with E-state index in [2.05, 4.69) is 5.32 Å². The van der Waals surface area contributed by atoms with Gasteiger partial charge in [-0.05, 0) is 51.1 Å². The van der Waals surface area contributed by atoms with Gasteiger partial charge in [-0.1, -0.05) is 19.3 Å². The van der Waals surface area contributed by atoms with Gasteiger partial charge in [-0.25, -0.2) is 0 Å². The summed E-state index contributed by atoms with van der Waals surface area (Å²) in [6, 6.07) is 0. The van der Waals surface area contributed by atoms with Gasteiger partial charge in [0, 0.05) is 0 Å². The van der Waals surface area contributed by atoms with Crippen molar-refractivity contribution in [3.8, 4) is 0 Å². The zero-order chi connectivity index (χ0) is 9.86. The van der Waals surface area contributed by atoms with E-state index in [9.17, 15) is 5.11 Å². The third-order valence-electron chi connectivity index (χ3n) is 3.85. The van der Waals surface area contributed by atoms with Gasteiger partial charge in [-0.3, -0.25) is 0 Å². The van der Waals surface area contributed by atoms with E-state index in [0.29, 0.717) is 0 Å². The quantitative estimate of drug-likeness (QED) is 0.710. The molecule has 2 fully saturated rings.